The van der Waals surface area contributed by atoms with Gasteiger partial charge in [-0.25, -0.2) is 0 Å². The molecule has 1 amide bonds. The van der Waals surface area contributed by atoms with Crippen molar-refractivity contribution in [3.63, 3.8) is 0 Å². The Morgan fingerprint density at radius 2 is 1.88 bits per heavy atom. The molecule has 2 heterocycles. The number of thiophene rings is 1. The van der Waals surface area contributed by atoms with Crippen LogP contribution in [0.1, 0.15) is 47.7 Å². The van der Waals surface area contributed by atoms with Crippen LogP contribution in [0.2, 0.25) is 0 Å². The molecule has 1 N–H and O–H groups in total. The van der Waals surface area contributed by atoms with Crippen LogP contribution < -0.4 is 5.32 Å². The van der Waals surface area contributed by atoms with E-state index in [1.807, 2.05) is 47.8 Å². The van der Waals surface area contributed by atoms with Crippen molar-refractivity contribution < 1.29 is 9.32 Å². The molecular weight excluding hydrogens is 334 g/mol. The average molecular weight is 353 g/mol. The molecule has 1 fully saturated rings. The topological polar surface area (TPSA) is 68.0 Å². The zero-order chi connectivity index (χ0) is 17.1. The molecule has 1 aliphatic carbocycles. The molecule has 0 bridgehead atoms. The first-order valence-electron chi connectivity index (χ1n) is 8.52. The summed E-state index contributed by atoms with van der Waals surface area (Å²) in [5.74, 6) is 0.998. The summed E-state index contributed by atoms with van der Waals surface area (Å²) < 4.78 is 5.61. The second kappa shape index (κ2) is 6.80. The fraction of sp³-hybridized carbons (Fsp3) is 0.316. The number of nitrogens with zero attached hydrogens (tertiary/aromatic N) is 2. The van der Waals surface area contributed by atoms with Gasteiger partial charge in [-0.3, -0.25) is 4.79 Å². The van der Waals surface area contributed by atoms with Gasteiger partial charge in [0.1, 0.15) is 5.54 Å². The van der Waals surface area contributed by atoms with Crippen molar-refractivity contribution in [2.24, 2.45) is 0 Å². The molecule has 0 unspecified atom stereocenters. The lowest BCUT2D eigenvalue weighted by atomic mass is 9.81. The first kappa shape index (κ1) is 16.0. The summed E-state index contributed by atoms with van der Waals surface area (Å²) in [6.07, 6.45) is 4.87. The predicted octanol–water partition coefficient (Wildman–Crippen LogP) is 4.39. The van der Waals surface area contributed by atoms with Crippen LogP contribution in [-0.2, 0) is 5.54 Å². The Labute approximate surface area is 150 Å². The first-order valence-corrected chi connectivity index (χ1v) is 9.40. The minimum Gasteiger partial charge on any atom is -0.337 e. The summed E-state index contributed by atoms with van der Waals surface area (Å²) >= 11 is 1.44. The Bertz CT molecular complexity index is 837. The van der Waals surface area contributed by atoms with Crippen molar-refractivity contribution in [3.8, 4) is 11.4 Å². The van der Waals surface area contributed by atoms with Crippen molar-refractivity contribution in [2.45, 2.75) is 37.6 Å². The molecule has 1 aliphatic rings. The lowest BCUT2D eigenvalue weighted by Crippen LogP contribution is -2.47. The molecule has 0 saturated heterocycles. The molecule has 1 aromatic carbocycles. The van der Waals surface area contributed by atoms with Gasteiger partial charge in [-0.15, -0.1) is 11.3 Å². The summed E-state index contributed by atoms with van der Waals surface area (Å²) in [7, 11) is 0. The quantitative estimate of drug-likeness (QED) is 0.755. The van der Waals surface area contributed by atoms with Crippen molar-refractivity contribution >= 4 is 17.2 Å². The highest BCUT2D eigenvalue weighted by atomic mass is 32.1. The molecule has 5 nitrogen and oxygen atoms in total. The summed E-state index contributed by atoms with van der Waals surface area (Å²) in [4.78, 5) is 18.0. The molecule has 2 aromatic heterocycles. The number of carbonyl (C=O) groups is 1. The highest BCUT2D eigenvalue weighted by Gasteiger charge is 2.41. The van der Waals surface area contributed by atoms with Gasteiger partial charge in [0.2, 0.25) is 5.82 Å². The van der Waals surface area contributed by atoms with Crippen LogP contribution >= 0.6 is 11.3 Å². The smallest absolute Gasteiger partial charge is 0.262 e. The number of rotatable bonds is 4. The van der Waals surface area contributed by atoms with Gasteiger partial charge < -0.3 is 9.84 Å². The second-order valence-electron chi connectivity index (χ2n) is 6.36. The van der Waals surface area contributed by atoms with E-state index < -0.39 is 5.54 Å². The number of amides is 1. The van der Waals surface area contributed by atoms with E-state index >= 15 is 0 Å². The fourth-order valence-electron chi connectivity index (χ4n) is 3.36. The summed E-state index contributed by atoms with van der Waals surface area (Å²) in [6.45, 7) is 0. The van der Waals surface area contributed by atoms with Gasteiger partial charge in [0.15, 0.2) is 0 Å². The van der Waals surface area contributed by atoms with Gasteiger partial charge in [-0.2, -0.15) is 4.98 Å². The summed E-state index contributed by atoms with van der Waals surface area (Å²) in [5, 5.41) is 9.24. The van der Waals surface area contributed by atoms with Crippen molar-refractivity contribution in [3.05, 3.63) is 58.6 Å². The van der Waals surface area contributed by atoms with Crippen LogP contribution in [0.4, 0.5) is 0 Å². The highest BCUT2D eigenvalue weighted by molar-refractivity contribution is 7.12. The second-order valence-corrected chi connectivity index (χ2v) is 7.31. The number of aromatic nitrogens is 2. The highest BCUT2D eigenvalue weighted by Crippen LogP contribution is 2.37. The fourth-order valence-corrected chi connectivity index (χ4v) is 3.98. The Morgan fingerprint density at radius 1 is 1.08 bits per heavy atom. The molecule has 3 aromatic rings. The Morgan fingerprint density at radius 3 is 2.60 bits per heavy atom. The Kier molecular flexibility index (Phi) is 4.36. The van der Waals surface area contributed by atoms with Crippen LogP contribution in [0.15, 0.2) is 52.4 Å². The lowest BCUT2D eigenvalue weighted by Gasteiger charge is -2.34. The van der Waals surface area contributed by atoms with E-state index in [2.05, 4.69) is 15.5 Å². The Balaban J connectivity index is 1.65. The number of hydrogen-bond acceptors (Lipinski definition) is 5. The normalized spacial score (nSPS) is 16.5. The van der Waals surface area contributed by atoms with Crippen LogP contribution in [-0.4, -0.2) is 16.0 Å². The average Bonchev–Trinajstić information content (AvgIpc) is 3.35. The van der Waals surface area contributed by atoms with Crippen LogP contribution in [0.5, 0.6) is 0 Å². The number of carbonyl (C=O) groups excluding carboxylic acids is 1. The molecule has 1 saturated carbocycles. The van der Waals surface area contributed by atoms with Crippen molar-refractivity contribution in [1.29, 1.82) is 0 Å². The van der Waals surface area contributed by atoms with E-state index in [4.69, 9.17) is 4.52 Å². The van der Waals surface area contributed by atoms with Gasteiger partial charge in [-0.05, 0) is 24.3 Å². The van der Waals surface area contributed by atoms with Crippen LogP contribution in [0.25, 0.3) is 11.4 Å². The third kappa shape index (κ3) is 3.22. The monoisotopic (exact) mass is 353 g/mol. The molecule has 0 atom stereocenters. The van der Waals surface area contributed by atoms with Gasteiger partial charge in [0, 0.05) is 5.56 Å². The molecule has 0 aliphatic heterocycles. The third-order valence-electron chi connectivity index (χ3n) is 4.67. The van der Waals surface area contributed by atoms with E-state index in [9.17, 15) is 4.79 Å². The molecular formula is C19H19N3O2S. The zero-order valence-corrected chi connectivity index (χ0v) is 14.6. The largest absolute Gasteiger partial charge is 0.337 e. The molecule has 4 rings (SSSR count). The number of benzene rings is 1. The van der Waals surface area contributed by atoms with Gasteiger partial charge >= 0.3 is 0 Å². The zero-order valence-electron chi connectivity index (χ0n) is 13.8. The predicted molar refractivity (Wildman–Crippen MR) is 96.3 cm³/mol. The number of hydrogen-bond donors (Lipinski definition) is 1. The molecule has 25 heavy (non-hydrogen) atoms. The molecule has 0 spiro atoms. The summed E-state index contributed by atoms with van der Waals surface area (Å²) in [6, 6.07) is 13.5. The SMILES string of the molecule is O=C(NC1(c2nc(-c3ccccc3)no2)CCCCC1)c1cccs1. The third-order valence-corrected chi connectivity index (χ3v) is 5.54. The first-order chi connectivity index (χ1) is 12.3. The van der Waals surface area contributed by atoms with Gasteiger partial charge in [-0.1, -0.05) is 60.8 Å². The Hall–Kier alpha value is -2.47. The van der Waals surface area contributed by atoms with E-state index in [1.165, 1.54) is 11.3 Å². The maximum atomic E-state index is 12.6. The maximum absolute atomic E-state index is 12.6. The van der Waals surface area contributed by atoms with Gasteiger partial charge in [0.25, 0.3) is 11.8 Å². The lowest BCUT2D eigenvalue weighted by molar-refractivity contribution is 0.0829. The van der Waals surface area contributed by atoms with Crippen LogP contribution in [0, 0.1) is 0 Å². The standard InChI is InChI=1S/C19H19N3O2S/c23-17(15-10-7-13-25-15)21-19(11-5-2-6-12-19)18-20-16(22-24-18)14-8-3-1-4-9-14/h1,3-4,7-10,13H,2,5-6,11-12H2,(H,21,23). The van der Waals surface area contributed by atoms with Gasteiger partial charge in [0.05, 0.1) is 4.88 Å². The van der Waals surface area contributed by atoms with E-state index in [0.717, 1.165) is 37.7 Å². The molecule has 6 heteroatoms. The van der Waals surface area contributed by atoms with Crippen molar-refractivity contribution in [1.82, 2.24) is 15.5 Å². The number of nitrogens with one attached hydrogen (secondary N) is 1. The summed E-state index contributed by atoms with van der Waals surface area (Å²) in [5.41, 5.74) is 0.340. The van der Waals surface area contributed by atoms with E-state index in [0.29, 0.717) is 16.6 Å². The van der Waals surface area contributed by atoms with Crippen molar-refractivity contribution in [2.75, 3.05) is 0 Å². The van der Waals surface area contributed by atoms with Crippen LogP contribution in [0.3, 0.4) is 0 Å². The maximum Gasteiger partial charge on any atom is 0.262 e. The minimum absolute atomic E-state index is 0.0728. The molecule has 128 valence electrons. The van der Waals surface area contributed by atoms with E-state index in [-0.39, 0.29) is 5.91 Å². The molecule has 0 radical (unpaired) electrons. The minimum atomic E-state index is -0.570. The van der Waals surface area contributed by atoms with E-state index in [1.54, 1.807) is 0 Å².